The molecule has 9 nitrogen and oxygen atoms in total. The van der Waals surface area contributed by atoms with E-state index in [0.717, 1.165) is 28.7 Å². The molecule has 0 unspecified atom stereocenters. The molecule has 0 saturated heterocycles. The van der Waals surface area contributed by atoms with Crippen LogP contribution in [0.4, 0.5) is 0 Å². The molecule has 2 aromatic heterocycles. The Balaban J connectivity index is 1.27. The number of nitrogens with one attached hydrogen (secondary N) is 1. The summed E-state index contributed by atoms with van der Waals surface area (Å²) in [5, 5.41) is 13.4. The van der Waals surface area contributed by atoms with Crippen molar-refractivity contribution in [2.45, 2.75) is 39.5 Å². The minimum atomic E-state index is -0.131. The van der Waals surface area contributed by atoms with E-state index in [2.05, 4.69) is 68.7 Å². The SMILES string of the molecule is Cc1ccc(CN(Cc2cc3cc4c(cc3[nH]c2=O)OCO4)Cc2nnnn2CCc2ccccc2)cc1. The fourth-order valence-electron chi connectivity index (χ4n) is 4.71. The Morgan fingerprint density at radius 2 is 1.71 bits per heavy atom. The first-order chi connectivity index (χ1) is 18.6. The van der Waals surface area contributed by atoms with Gasteiger partial charge in [0.15, 0.2) is 17.3 Å². The van der Waals surface area contributed by atoms with E-state index in [-0.39, 0.29) is 12.4 Å². The van der Waals surface area contributed by atoms with Crippen LogP contribution in [0.5, 0.6) is 11.5 Å². The molecule has 1 aliphatic heterocycles. The minimum absolute atomic E-state index is 0.131. The molecule has 0 radical (unpaired) electrons. The minimum Gasteiger partial charge on any atom is -0.454 e. The Hall–Kier alpha value is -4.50. The van der Waals surface area contributed by atoms with E-state index in [9.17, 15) is 4.79 Å². The van der Waals surface area contributed by atoms with Crippen LogP contribution in [0.2, 0.25) is 0 Å². The number of aromatic nitrogens is 5. The Bertz CT molecular complexity index is 1610. The van der Waals surface area contributed by atoms with Gasteiger partial charge in [-0.1, -0.05) is 60.2 Å². The highest BCUT2D eigenvalue weighted by Crippen LogP contribution is 2.35. The topological polar surface area (TPSA) is 98.2 Å². The average Bonchev–Trinajstić information content (AvgIpc) is 3.57. The zero-order valence-corrected chi connectivity index (χ0v) is 21.1. The van der Waals surface area contributed by atoms with Gasteiger partial charge in [0, 0.05) is 36.7 Å². The van der Waals surface area contributed by atoms with Crippen molar-refractivity contribution >= 4 is 10.9 Å². The van der Waals surface area contributed by atoms with Crippen LogP contribution >= 0.6 is 0 Å². The highest BCUT2D eigenvalue weighted by molar-refractivity contribution is 5.83. The first-order valence-corrected chi connectivity index (χ1v) is 12.6. The van der Waals surface area contributed by atoms with Crippen molar-refractivity contribution in [1.82, 2.24) is 30.1 Å². The van der Waals surface area contributed by atoms with E-state index in [1.165, 1.54) is 11.1 Å². The third kappa shape index (κ3) is 5.28. The summed E-state index contributed by atoms with van der Waals surface area (Å²) in [7, 11) is 0. The van der Waals surface area contributed by atoms with Crippen LogP contribution in [0.15, 0.2) is 77.6 Å². The summed E-state index contributed by atoms with van der Waals surface area (Å²) in [5.74, 6) is 2.09. The average molecular weight is 509 g/mol. The van der Waals surface area contributed by atoms with Crippen LogP contribution in [0.1, 0.15) is 28.1 Å². The number of hydrogen-bond acceptors (Lipinski definition) is 7. The number of rotatable bonds is 9. The lowest BCUT2D eigenvalue weighted by Crippen LogP contribution is -2.28. The van der Waals surface area contributed by atoms with Gasteiger partial charge in [-0.25, -0.2) is 4.68 Å². The lowest BCUT2D eigenvalue weighted by Gasteiger charge is -2.22. The predicted octanol–water partition coefficient (Wildman–Crippen LogP) is 4.00. The Labute approximate surface area is 219 Å². The number of aryl methyl sites for hydroxylation is 3. The van der Waals surface area contributed by atoms with Crippen molar-refractivity contribution < 1.29 is 9.47 Å². The summed E-state index contributed by atoms with van der Waals surface area (Å²) in [4.78, 5) is 18.3. The van der Waals surface area contributed by atoms with Crippen molar-refractivity contribution in [2.24, 2.45) is 0 Å². The van der Waals surface area contributed by atoms with E-state index >= 15 is 0 Å². The Morgan fingerprint density at radius 3 is 2.53 bits per heavy atom. The molecule has 6 rings (SSSR count). The van der Waals surface area contributed by atoms with Gasteiger partial charge in [-0.05, 0) is 47.0 Å². The number of tetrazole rings is 1. The van der Waals surface area contributed by atoms with Crippen molar-refractivity contribution in [2.75, 3.05) is 6.79 Å². The van der Waals surface area contributed by atoms with Crippen LogP contribution < -0.4 is 15.0 Å². The van der Waals surface area contributed by atoms with Gasteiger partial charge in [0.25, 0.3) is 5.56 Å². The van der Waals surface area contributed by atoms with Gasteiger partial charge in [-0.15, -0.1) is 5.10 Å². The highest BCUT2D eigenvalue weighted by atomic mass is 16.7. The summed E-state index contributed by atoms with van der Waals surface area (Å²) in [6.07, 6.45) is 0.831. The predicted molar refractivity (Wildman–Crippen MR) is 143 cm³/mol. The number of aromatic amines is 1. The van der Waals surface area contributed by atoms with Crippen LogP contribution in [0, 0.1) is 6.92 Å². The molecule has 0 atom stereocenters. The zero-order chi connectivity index (χ0) is 25.9. The van der Waals surface area contributed by atoms with Gasteiger partial charge in [-0.2, -0.15) is 0 Å². The van der Waals surface area contributed by atoms with Gasteiger partial charge >= 0.3 is 0 Å². The maximum absolute atomic E-state index is 13.1. The van der Waals surface area contributed by atoms with Gasteiger partial charge in [-0.3, -0.25) is 9.69 Å². The van der Waals surface area contributed by atoms with Crippen molar-refractivity contribution in [3.63, 3.8) is 0 Å². The molecule has 1 N–H and O–H groups in total. The van der Waals surface area contributed by atoms with E-state index in [1.54, 1.807) is 0 Å². The van der Waals surface area contributed by atoms with Gasteiger partial charge in [0.2, 0.25) is 6.79 Å². The second kappa shape index (κ2) is 10.5. The maximum Gasteiger partial charge on any atom is 0.252 e. The van der Waals surface area contributed by atoms with Crippen LogP contribution in [-0.4, -0.2) is 36.9 Å². The van der Waals surface area contributed by atoms with Crippen LogP contribution in [0.3, 0.4) is 0 Å². The van der Waals surface area contributed by atoms with Crippen molar-refractivity contribution in [1.29, 1.82) is 0 Å². The number of ether oxygens (including phenoxy) is 2. The Kier molecular flexibility index (Phi) is 6.58. The molecular weight excluding hydrogens is 480 g/mol. The van der Waals surface area contributed by atoms with E-state index in [4.69, 9.17) is 9.47 Å². The molecule has 5 aromatic rings. The third-order valence-electron chi connectivity index (χ3n) is 6.76. The summed E-state index contributed by atoms with van der Waals surface area (Å²) in [6, 6.07) is 24.4. The third-order valence-corrected chi connectivity index (χ3v) is 6.76. The summed E-state index contributed by atoms with van der Waals surface area (Å²) in [5.41, 5.74) is 4.84. The lowest BCUT2D eigenvalue weighted by molar-refractivity contribution is 0.174. The normalized spacial score (nSPS) is 12.5. The second-order valence-corrected chi connectivity index (χ2v) is 9.60. The fraction of sp³-hybridized carbons (Fsp3) is 0.241. The number of benzene rings is 3. The monoisotopic (exact) mass is 508 g/mol. The molecule has 1 aliphatic rings. The number of nitrogens with zero attached hydrogens (tertiary/aromatic N) is 5. The molecule has 0 saturated carbocycles. The molecule has 9 heteroatoms. The quantitative estimate of drug-likeness (QED) is 0.321. The number of fused-ring (bicyclic) bond motifs is 2. The summed E-state index contributed by atoms with van der Waals surface area (Å²) < 4.78 is 12.8. The van der Waals surface area contributed by atoms with Crippen LogP contribution in [0.25, 0.3) is 10.9 Å². The molecule has 192 valence electrons. The number of hydrogen-bond donors (Lipinski definition) is 1. The molecule has 3 heterocycles. The van der Waals surface area contributed by atoms with E-state index in [0.29, 0.717) is 43.2 Å². The summed E-state index contributed by atoms with van der Waals surface area (Å²) in [6.45, 7) is 4.50. The van der Waals surface area contributed by atoms with Crippen molar-refractivity contribution in [3.8, 4) is 11.5 Å². The smallest absolute Gasteiger partial charge is 0.252 e. The maximum atomic E-state index is 13.1. The molecule has 0 amide bonds. The second-order valence-electron chi connectivity index (χ2n) is 9.60. The standard InChI is InChI=1S/C29H28N6O3/c1-20-7-9-22(10-8-20)16-34(18-28-31-32-33-35(28)12-11-21-5-3-2-4-6-21)17-24-13-23-14-26-27(38-19-37-26)15-25(23)30-29(24)36/h2-10,13-15H,11-12,16-19H2,1H3,(H,30,36). The molecule has 0 bridgehead atoms. The van der Waals surface area contributed by atoms with Crippen molar-refractivity contribution in [3.05, 3.63) is 111 Å². The van der Waals surface area contributed by atoms with Gasteiger partial charge in [0.05, 0.1) is 12.1 Å². The molecule has 3 aromatic carbocycles. The molecule has 0 aliphatic carbocycles. The molecule has 38 heavy (non-hydrogen) atoms. The first kappa shape index (κ1) is 23.9. The molecule has 0 fully saturated rings. The first-order valence-electron chi connectivity index (χ1n) is 12.6. The van der Waals surface area contributed by atoms with Crippen LogP contribution in [-0.2, 0) is 32.6 Å². The molecule has 0 spiro atoms. The number of H-pyrrole nitrogens is 1. The van der Waals surface area contributed by atoms with E-state index in [1.807, 2.05) is 41.1 Å². The molecular formula is C29H28N6O3. The van der Waals surface area contributed by atoms with E-state index < -0.39 is 0 Å². The van der Waals surface area contributed by atoms with Gasteiger partial charge < -0.3 is 14.5 Å². The summed E-state index contributed by atoms with van der Waals surface area (Å²) >= 11 is 0. The Morgan fingerprint density at radius 1 is 0.921 bits per heavy atom. The highest BCUT2D eigenvalue weighted by Gasteiger charge is 2.18. The zero-order valence-electron chi connectivity index (χ0n) is 21.1. The number of pyridine rings is 1. The fourth-order valence-corrected chi connectivity index (χ4v) is 4.71. The lowest BCUT2D eigenvalue weighted by atomic mass is 10.1. The largest absolute Gasteiger partial charge is 0.454 e. The van der Waals surface area contributed by atoms with Gasteiger partial charge in [0.1, 0.15) is 0 Å².